The van der Waals surface area contributed by atoms with Crippen LogP contribution in [-0.2, 0) is 5.41 Å². The van der Waals surface area contributed by atoms with Crippen molar-refractivity contribution in [1.29, 1.82) is 0 Å². The van der Waals surface area contributed by atoms with Gasteiger partial charge in [0.2, 0.25) is 0 Å². The first kappa shape index (κ1) is 30.6. The fourth-order valence-corrected chi connectivity index (χ4v) is 12.0. The van der Waals surface area contributed by atoms with E-state index in [-0.39, 0.29) is 5.92 Å². The Kier molecular flexibility index (Phi) is 6.09. The molecule has 1 spiro atoms. The highest BCUT2D eigenvalue weighted by Crippen LogP contribution is 2.62. The third-order valence-corrected chi connectivity index (χ3v) is 14.1. The van der Waals surface area contributed by atoms with Crippen molar-refractivity contribution < 1.29 is 0 Å². The predicted octanol–water partition coefficient (Wildman–Crippen LogP) is 14.2. The lowest BCUT2D eigenvalue weighted by molar-refractivity contribution is 0.749. The van der Waals surface area contributed by atoms with E-state index in [1.54, 1.807) is 0 Å². The van der Waals surface area contributed by atoms with Crippen molar-refractivity contribution in [2.75, 3.05) is 0 Å². The van der Waals surface area contributed by atoms with E-state index in [1.807, 2.05) is 11.3 Å². The van der Waals surface area contributed by atoms with Crippen molar-refractivity contribution in [2.24, 2.45) is 0 Å². The standard InChI is InChI=1S/C54H33NS/c1-2-16-34(17-3-1)50(39-23-14-18-33-15-4-5-19-36(33)39)35-29-30-44-41(31-35)37-20-6-9-24-43(37)54(44)45-25-10-12-27-48(45)55-47-26-11-7-22-40(47)51-52(55)46(54)32-42-38-21-8-13-28-49(38)56-53(42)51/h1-32,50H. The molecule has 0 saturated heterocycles. The zero-order chi connectivity index (χ0) is 36.5. The molecule has 1 nitrogen and oxygen atoms in total. The maximum absolute atomic E-state index is 2.57. The second-order valence-corrected chi connectivity index (χ2v) is 16.6. The normalized spacial score (nSPS) is 15.9. The molecule has 0 amide bonds. The molecule has 9 aromatic carbocycles. The van der Waals surface area contributed by atoms with Crippen LogP contribution in [-0.4, -0.2) is 4.57 Å². The van der Waals surface area contributed by atoms with Gasteiger partial charge >= 0.3 is 0 Å². The molecule has 13 rings (SSSR count). The molecule has 0 radical (unpaired) electrons. The van der Waals surface area contributed by atoms with Crippen LogP contribution < -0.4 is 0 Å². The molecule has 1 aliphatic heterocycles. The fraction of sp³-hybridized carbons (Fsp3) is 0.0370. The summed E-state index contributed by atoms with van der Waals surface area (Å²) in [5.41, 5.74) is 15.3. The van der Waals surface area contributed by atoms with Gasteiger partial charge < -0.3 is 4.57 Å². The average Bonchev–Trinajstić information content (AvgIpc) is 3.90. The SMILES string of the molecule is c1ccc(C(c2ccc3c(c2)-c2ccccc2C32c3ccccc3-n3c4ccccc4c4c5sc6ccccc6c5cc2c43)c2cccc3ccccc23)cc1. The van der Waals surface area contributed by atoms with Gasteiger partial charge in [-0.2, -0.15) is 0 Å². The van der Waals surface area contributed by atoms with Gasteiger partial charge in [0.15, 0.2) is 0 Å². The highest BCUT2D eigenvalue weighted by atomic mass is 32.1. The quantitative estimate of drug-likeness (QED) is 0.160. The van der Waals surface area contributed by atoms with Crippen molar-refractivity contribution >= 4 is 64.1 Å². The lowest BCUT2D eigenvalue weighted by atomic mass is 9.65. The highest BCUT2D eigenvalue weighted by molar-refractivity contribution is 7.26. The lowest BCUT2D eigenvalue weighted by Crippen LogP contribution is -2.33. The minimum absolute atomic E-state index is 0.0673. The summed E-state index contributed by atoms with van der Waals surface area (Å²) in [6.45, 7) is 0. The van der Waals surface area contributed by atoms with Crippen molar-refractivity contribution in [2.45, 2.75) is 11.3 Å². The van der Waals surface area contributed by atoms with E-state index in [2.05, 4.69) is 199 Å². The van der Waals surface area contributed by atoms with Gasteiger partial charge in [0.25, 0.3) is 0 Å². The van der Waals surface area contributed by atoms with Crippen LogP contribution >= 0.6 is 11.3 Å². The highest BCUT2D eigenvalue weighted by Gasteiger charge is 2.51. The number of hydrogen-bond donors (Lipinski definition) is 0. The monoisotopic (exact) mass is 727 g/mol. The number of fused-ring (bicyclic) bond motifs is 17. The van der Waals surface area contributed by atoms with Crippen molar-refractivity contribution in [3.63, 3.8) is 0 Å². The Balaban J connectivity index is 1.18. The van der Waals surface area contributed by atoms with E-state index < -0.39 is 5.41 Å². The Hall–Kier alpha value is -6.74. The van der Waals surface area contributed by atoms with Gasteiger partial charge in [0, 0.05) is 36.9 Å². The average molecular weight is 728 g/mol. The van der Waals surface area contributed by atoms with E-state index in [0.29, 0.717) is 0 Å². The summed E-state index contributed by atoms with van der Waals surface area (Å²) in [7, 11) is 0. The topological polar surface area (TPSA) is 4.93 Å². The first-order valence-corrected chi connectivity index (χ1v) is 20.4. The van der Waals surface area contributed by atoms with Gasteiger partial charge in [0.1, 0.15) is 0 Å². The van der Waals surface area contributed by atoms with Gasteiger partial charge in [-0.05, 0) is 91.2 Å². The molecule has 260 valence electrons. The van der Waals surface area contributed by atoms with E-state index in [1.165, 1.54) is 109 Å². The minimum atomic E-state index is -0.511. The predicted molar refractivity (Wildman–Crippen MR) is 236 cm³/mol. The minimum Gasteiger partial charge on any atom is -0.309 e. The Morgan fingerprint density at radius 1 is 0.446 bits per heavy atom. The second-order valence-electron chi connectivity index (χ2n) is 15.5. The number of benzene rings is 9. The van der Waals surface area contributed by atoms with E-state index in [9.17, 15) is 0 Å². The van der Waals surface area contributed by atoms with Gasteiger partial charge in [-0.1, -0.05) is 164 Å². The molecule has 2 heteroatoms. The molecule has 2 unspecified atom stereocenters. The molecule has 0 saturated carbocycles. The first-order chi connectivity index (χ1) is 27.8. The molecule has 1 aliphatic carbocycles. The van der Waals surface area contributed by atoms with Gasteiger partial charge in [-0.15, -0.1) is 11.3 Å². The van der Waals surface area contributed by atoms with E-state index in [4.69, 9.17) is 0 Å². The summed E-state index contributed by atoms with van der Waals surface area (Å²) in [5, 5.41) is 7.93. The molecule has 0 N–H and O–H groups in total. The maximum Gasteiger partial charge on any atom is 0.0754 e. The zero-order valence-corrected chi connectivity index (χ0v) is 31.2. The fourth-order valence-electron chi connectivity index (χ4n) is 10.8. The third kappa shape index (κ3) is 3.79. The molecule has 2 aromatic heterocycles. The molecule has 3 heterocycles. The van der Waals surface area contributed by atoms with Crippen molar-refractivity contribution in [1.82, 2.24) is 4.57 Å². The molecule has 0 fully saturated rings. The van der Waals surface area contributed by atoms with Crippen molar-refractivity contribution in [3.8, 4) is 16.8 Å². The summed E-state index contributed by atoms with van der Waals surface area (Å²) in [6, 6.07) is 73.2. The number of para-hydroxylation sites is 2. The van der Waals surface area contributed by atoms with Gasteiger partial charge in [-0.3, -0.25) is 0 Å². The molecule has 0 bridgehead atoms. The molecule has 11 aromatic rings. The Morgan fingerprint density at radius 3 is 2.05 bits per heavy atom. The van der Waals surface area contributed by atoms with Gasteiger partial charge in [-0.25, -0.2) is 0 Å². The Labute approximate surface area is 328 Å². The molecule has 56 heavy (non-hydrogen) atoms. The van der Waals surface area contributed by atoms with Crippen LogP contribution in [0.15, 0.2) is 194 Å². The molecular formula is C54H33NS. The summed E-state index contributed by atoms with van der Waals surface area (Å²) in [5.74, 6) is 0.0673. The summed E-state index contributed by atoms with van der Waals surface area (Å²) >= 11 is 1.93. The lowest BCUT2D eigenvalue weighted by Gasteiger charge is -2.39. The zero-order valence-electron chi connectivity index (χ0n) is 30.4. The number of rotatable bonds is 3. The maximum atomic E-state index is 2.57. The van der Waals surface area contributed by atoms with Crippen LogP contribution in [0.3, 0.4) is 0 Å². The number of aromatic nitrogens is 1. The third-order valence-electron chi connectivity index (χ3n) is 12.9. The number of nitrogens with zero attached hydrogens (tertiary/aromatic N) is 1. The van der Waals surface area contributed by atoms with E-state index >= 15 is 0 Å². The largest absolute Gasteiger partial charge is 0.309 e. The number of thiophene rings is 1. The molecule has 2 aliphatic rings. The molecular weight excluding hydrogens is 695 g/mol. The smallest absolute Gasteiger partial charge is 0.0754 e. The first-order valence-electron chi connectivity index (χ1n) is 19.6. The van der Waals surface area contributed by atoms with Crippen LogP contribution in [0, 0.1) is 0 Å². The molecule has 2 atom stereocenters. The van der Waals surface area contributed by atoms with E-state index in [0.717, 1.165) is 0 Å². The van der Waals surface area contributed by atoms with Crippen LogP contribution in [0.25, 0.3) is 69.6 Å². The van der Waals surface area contributed by atoms with Crippen LogP contribution in [0.1, 0.15) is 44.9 Å². The van der Waals surface area contributed by atoms with Crippen molar-refractivity contribution in [3.05, 3.63) is 233 Å². The van der Waals surface area contributed by atoms with Crippen LogP contribution in [0.2, 0.25) is 0 Å². The van der Waals surface area contributed by atoms with Gasteiger partial charge in [0.05, 0.1) is 22.1 Å². The van der Waals surface area contributed by atoms with Crippen LogP contribution in [0.4, 0.5) is 0 Å². The number of hydrogen-bond acceptors (Lipinski definition) is 1. The summed E-state index contributed by atoms with van der Waals surface area (Å²) < 4.78 is 5.28. The Bertz CT molecular complexity index is 3430. The summed E-state index contributed by atoms with van der Waals surface area (Å²) in [4.78, 5) is 0. The van der Waals surface area contributed by atoms with Crippen LogP contribution in [0.5, 0.6) is 0 Å². The summed E-state index contributed by atoms with van der Waals surface area (Å²) in [6.07, 6.45) is 0. The second kappa shape index (κ2) is 11.2. The Morgan fingerprint density at radius 2 is 1.14 bits per heavy atom.